The van der Waals surface area contributed by atoms with Crippen molar-refractivity contribution in [2.75, 3.05) is 6.61 Å². The summed E-state index contributed by atoms with van der Waals surface area (Å²) in [6.45, 7) is -1.41. The molecule has 0 unspecified atom stereocenters. The molecule has 3 aromatic rings. The average molecular weight is 409 g/mol. The average Bonchev–Trinajstić information content (AvgIpc) is 3.14. The molecule has 2 heterocycles. The fourth-order valence-corrected chi connectivity index (χ4v) is 2.41. The highest BCUT2D eigenvalue weighted by atomic mass is 35.5. The van der Waals surface area contributed by atoms with Crippen LogP contribution in [0.5, 0.6) is 11.6 Å². The van der Waals surface area contributed by atoms with Gasteiger partial charge in [0.25, 0.3) is 0 Å². The zero-order valence-electron chi connectivity index (χ0n) is 14.2. The molecule has 0 radical (unpaired) electrons. The molecule has 0 fully saturated rings. The molecule has 0 atom stereocenters. The third-order valence-electron chi connectivity index (χ3n) is 3.47. The van der Waals surface area contributed by atoms with Crippen LogP contribution in [0.1, 0.15) is 11.1 Å². The number of hydrogen-bond acceptors (Lipinski definition) is 5. The van der Waals surface area contributed by atoms with Gasteiger partial charge in [-0.05, 0) is 23.8 Å². The summed E-state index contributed by atoms with van der Waals surface area (Å²) in [6, 6.07) is 11.1. The molecule has 0 aliphatic heterocycles. The first-order valence-electron chi connectivity index (χ1n) is 7.87. The first-order chi connectivity index (χ1) is 13.4. The third kappa shape index (κ3) is 4.92. The highest BCUT2D eigenvalue weighted by Crippen LogP contribution is 2.28. The lowest BCUT2D eigenvalue weighted by molar-refractivity contribution is -0.153. The van der Waals surface area contributed by atoms with Gasteiger partial charge in [0, 0.05) is 18.3 Å². The van der Waals surface area contributed by atoms with Gasteiger partial charge < -0.3 is 9.47 Å². The molecule has 3 rings (SSSR count). The molecule has 144 valence electrons. The third-order valence-corrected chi connectivity index (χ3v) is 3.79. The van der Waals surface area contributed by atoms with Crippen LogP contribution in [0.3, 0.4) is 0 Å². The predicted molar refractivity (Wildman–Crippen MR) is 93.4 cm³/mol. The fourth-order valence-electron chi connectivity index (χ4n) is 2.24. The number of nitriles is 1. The number of pyridine rings is 1. The minimum atomic E-state index is -4.46. The molecular weight excluding hydrogens is 397 g/mol. The lowest BCUT2D eigenvalue weighted by atomic mass is 10.2. The van der Waals surface area contributed by atoms with Crippen molar-refractivity contribution in [3.63, 3.8) is 0 Å². The second-order valence-corrected chi connectivity index (χ2v) is 5.96. The van der Waals surface area contributed by atoms with Crippen LogP contribution in [-0.2, 0) is 6.61 Å². The minimum Gasteiger partial charge on any atom is -0.483 e. The number of alkyl halides is 3. The Bertz CT molecular complexity index is 1010. The van der Waals surface area contributed by atoms with Crippen molar-refractivity contribution in [2.45, 2.75) is 12.8 Å². The molecule has 0 aliphatic rings. The zero-order valence-corrected chi connectivity index (χ0v) is 14.9. The molecule has 0 aliphatic carbocycles. The maximum atomic E-state index is 12.3. The summed E-state index contributed by atoms with van der Waals surface area (Å²) in [5.74, 6) is 0.650. The van der Waals surface area contributed by atoms with Crippen LogP contribution in [0.4, 0.5) is 13.2 Å². The van der Waals surface area contributed by atoms with Gasteiger partial charge in [-0.25, -0.2) is 4.98 Å². The molecular formula is C18H12ClF3N4O2. The molecule has 2 aromatic heterocycles. The fraction of sp³-hybridized carbons (Fsp3) is 0.167. The maximum absolute atomic E-state index is 12.3. The predicted octanol–water partition coefficient (Wildman–Crippen LogP) is 4.31. The largest absolute Gasteiger partial charge is 0.483 e. The van der Waals surface area contributed by atoms with E-state index in [1.165, 1.54) is 29.2 Å². The number of aromatic nitrogens is 3. The highest BCUT2D eigenvalue weighted by Gasteiger charge is 2.28. The van der Waals surface area contributed by atoms with Gasteiger partial charge in [0.1, 0.15) is 12.4 Å². The van der Waals surface area contributed by atoms with Crippen LogP contribution in [0, 0.1) is 11.3 Å². The van der Waals surface area contributed by atoms with Crippen LogP contribution >= 0.6 is 11.6 Å². The first-order valence-corrected chi connectivity index (χ1v) is 8.25. The van der Waals surface area contributed by atoms with Crippen LogP contribution in [0.25, 0.3) is 5.82 Å². The number of nitrogens with zero attached hydrogens (tertiary/aromatic N) is 4. The molecule has 0 saturated carbocycles. The van der Waals surface area contributed by atoms with E-state index in [9.17, 15) is 13.2 Å². The summed E-state index contributed by atoms with van der Waals surface area (Å²) < 4.78 is 48.8. The molecule has 0 saturated heterocycles. The first kappa shape index (κ1) is 19.5. The molecule has 10 heteroatoms. The van der Waals surface area contributed by atoms with E-state index in [4.69, 9.17) is 26.3 Å². The summed E-state index contributed by atoms with van der Waals surface area (Å²) in [5.41, 5.74) is 0.962. The smallest absolute Gasteiger partial charge is 0.422 e. The van der Waals surface area contributed by atoms with Crippen molar-refractivity contribution in [1.82, 2.24) is 14.8 Å². The normalized spacial score (nSPS) is 11.1. The van der Waals surface area contributed by atoms with Crippen molar-refractivity contribution < 1.29 is 22.6 Å². The number of halogens is 4. The standard InChI is InChI=1S/C18H12ClF3N4O2/c19-14-2-1-13(7-15(14)28-11-18(20,21)22)10-27-17-4-6-25-26(17)16-8-12(9-23)3-5-24-16/h1-8H,10-11H2. The van der Waals surface area contributed by atoms with E-state index in [1.807, 2.05) is 6.07 Å². The molecule has 0 amide bonds. The number of benzene rings is 1. The van der Waals surface area contributed by atoms with Crippen LogP contribution in [0.15, 0.2) is 48.8 Å². The Labute approximate surface area is 162 Å². The lowest BCUT2D eigenvalue weighted by Gasteiger charge is -2.13. The van der Waals surface area contributed by atoms with Gasteiger partial charge in [0.15, 0.2) is 12.4 Å². The van der Waals surface area contributed by atoms with Crippen molar-refractivity contribution in [2.24, 2.45) is 0 Å². The highest BCUT2D eigenvalue weighted by molar-refractivity contribution is 6.32. The van der Waals surface area contributed by atoms with E-state index < -0.39 is 12.8 Å². The Kier molecular flexibility index (Phi) is 5.70. The van der Waals surface area contributed by atoms with Gasteiger partial charge in [-0.1, -0.05) is 17.7 Å². The van der Waals surface area contributed by atoms with E-state index in [0.717, 1.165) is 0 Å². The Hall–Kier alpha value is -3.25. The van der Waals surface area contributed by atoms with Crippen molar-refractivity contribution >= 4 is 11.6 Å². The van der Waals surface area contributed by atoms with Crippen molar-refractivity contribution in [1.29, 1.82) is 5.26 Å². The van der Waals surface area contributed by atoms with Crippen LogP contribution in [0.2, 0.25) is 5.02 Å². The lowest BCUT2D eigenvalue weighted by Crippen LogP contribution is -2.19. The van der Waals surface area contributed by atoms with Gasteiger partial charge in [-0.15, -0.1) is 0 Å². The Balaban J connectivity index is 1.73. The Morgan fingerprint density at radius 1 is 1.11 bits per heavy atom. The summed E-state index contributed by atoms with van der Waals surface area (Å²) >= 11 is 5.88. The van der Waals surface area contributed by atoms with Gasteiger partial charge >= 0.3 is 6.18 Å². The van der Waals surface area contributed by atoms with Gasteiger partial charge in [-0.3, -0.25) is 0 Å². The summed E-state index contributed by atoms with van der Waals surface area (Å²) in [7, 11) is 0. The second-order valence-electron chi connectivity index (χ2n) is 5.55. The minimum absolute atomic E-state index is 0.0309. The van der Waals surface area contributed by atoms with E-state index in [2.05, 4.69) is 10.1 Å². The van der Waals surface area contributed by atoms with Crippen molar-refractivity contribution in [3.05, 3.63) is 64.9 Å². The van der Waals surface area contributed by atoms with E-state index in [1.54, 1.807) is 24.3 Å². The molecule has 28 heavy (non-hydrogen) atoms. The number of rotatable bonds is 6. The van der Waals surface area contributed by atoms with Crippen molar-refractivity contribution in [3.8, 4) is 23.5 Å². The second kappa shape index (κ2) is 8.19. The quantitative estimate of drug-likeness (QED) is 0.607. The van der Waals surface area contributed by atoms with E-state index in [-0.39, 0.29) is 17.4 Å². The molecule has 0 spiro atoms. The topological polar surface area (TPSA) is 73.0 Å². The number of ether oxygens (including phenoxy) is 2. The molecule has 0 N–H and O–H groups in total. The SMILES string of the molecule is N#Cc1ccnc(-n2nccc2OCc2ccc(Cl)c(OCC(F)(F)F)c2)c1. The van der Waals surface area contributed by atoms with E-state index >= 15 is 0 Å². The van der Waals surface area contributed by atoms with Gasteiger partial charge in [0.2, 0.25) is 5.88 Å². The van der Waals surface area contributed by atoms with E-state index in [0.29, 0.717) is 22.8 Å². The van der Waals surface area contributed by atoms with Gasteiger partial charge in [-0.2, -0.15) is 28.2 Å². The molecule has 6 nitrogen and oxygen atoms in total. The maximum Gasteiger partial charge on any atom is 0.422 e. The Morgan fingerprint density at radius 2 is 1.93 bits per heavy atom. The monoisotopic (exact) mass is 408 g/mol. The molecule has 0 bridgehead atoms. The summed E-state index contributed by atoms with van der Waals surface area (Å²) in [4.78, 5) is 4.14. The van der Waals surface area contributed by atoms with Gasteiger partial charge in [0.05, 0.1) is 22.9 Å². The van der Waals surface area contributed by atoms with Crippen LogP contribution < -0.4 is 9.47 Å². The zero-order chi connectivity index (χ0) is 20.1. The van der Waals surface area contributed by atoms with Crippen LogP contribution in [-0.4, -0.2) is 27.5 Å². The molecule has 1 aromatic carbocycles. The number of hydrogen-bond donors (Lipinski definition) is 0. The Morgan fingerprint density at radius 3 is 2.68 bits per heavy atom. The summed E-state index contributed by atoms with van der Waals surface area (Å²) in [5, 5.41) is 13.2. The summed E-state index contributed by atoms with van der Waals surface area (Å²) in [6.07, 6.45) is -1.49.